The van der Waals surface area contributed by atoms with Crippen molar-refractivity contribution in [1.29, 1.82) is 0 Å². The fourth-order valence-electron chi connectivity index (χ4n) is 4.91. The number of hydrogen-bond donors (Lipinski definition) is 17. The molecule has 360 valence electrons. The van der Waals surface area contributed by atoms with Crippen molar-refractivity contribution in [2.24, 2.45) is 0 Å². The summed E-state index contributed by atoms with van der Waals surface area (Å²) < 4.78 is 31.2. The lowest BCUT2D eigenvalue weighted by molar-refractivity contribution is -0.133. The summed E-state index contributed by atoms with van der Waals surface area (Å²) >= 11 is 0. The minimum Gasteiger partial charge on any atom is -0.444 e. The van der Waals surface area contributed by atoms with Gasteiger partial charge in [-0.2, -0.15) is 0 Å². The molecule has 0 fully saturated rings. The number of aliphatic hydroxyl groups is 16. The molecule has 0 saturated carbocycles. The summed E-state index contributed by atoms with van der Waals surface area (Å²) in [5.41, 5.74) is -0.691. The maximum Gasteiger partial charge on any atom is 0.407 e. The van der Waals surface area contributed by atoms with Crippen LogP contribution in [-0.4, -0.2) is 289 Å². The average Bonchev–Trinajstić information content (AvgIpc) is 3.17. The molecule has 0 rings (SSSR count). The highest BCUT2D eigenvalue weighted by atomic mass is 16.6. The van der Waals surface area contributed by atoms with Crippen molar-refractivity contribution < 1.29 is 115 Å². The monoisotopic (exact) mass is 888 g/mol. The van der Waals surface area contributed by atoms with Gasteiger partial charge in [0.2, 0.25) is 0 Å². The molecule has 0 radical (unpaired) electrons. The Hall–Kier alpha value is -1.61. The maximum absolute atomic E-state index is 11.6. The van der Waals surface area contributed by atoms with Gasteiger partial charge in [0.25, 0.3) is 0 Å². The van der Waals surface area contributed by atoms with Gasteiger partial charge in [-0.05, 0) is 20.8 Å². The third-order valence-corrected chi connectivity index (χ3v) is 7.99. The number of carbonyl (C=O) groups is 1. The lowest BCUT2D eigenvalue weighted by atomic mass is 10.0. The van der Waals surface area contributed by atoms with Gasteiger partial charge >= 0.3 is 6.09 Å². The van der Waals surface area contributed by atoms with E-state index in [-0.39, 0.29) is 66.0 Å². The van der Waals surface area contributed by atoms with E-state index in [1.165, 1.54) is 0 Å². The first-order chi connectivity index (χ1) is 28.0. The van der Waals surface area contributed by atoms with Crippen molar-refractivity contribution in [2.45, 2.75) is 112 Å². The zero-order valence-corrected chi connectivity index (χ0v) is 34.4. The summed E-state index contributed by atoms with van der Waals surface area (Å²) in [6.45, 7) is -1.30. The van der Waals surface area contributed by atoms with Crippen LogP contribution in [0.1, 0.15) is 20.8 Å². The van der Waals surface area contributed by atoms with E-state index >= 15 is 0 Å². The van der Waals surface area contributed by atoms with Gasteiger partial charge in [0, 0.05) is 26.2 Å². The Balaban J connectivity index is 4.47. The van der Waals surface area contributed by atoms with Crippen LogP contribution >= 0.6 is 0 Å². The van der Waals surface area contributed by atoms with E-state index in [0.29, 0.717) is 0 Å². The van der Waals surface area contributed by atoms with Crippen LogP contribution in [0.4, 0.5) is 4.79 Å². The molecule has 6 unspecified atom stereocenters. The van der Waals surface area contributed by atoms with Crippen LogP contribution < -0.4 is 5.32 Å². The lowest BCUT2D eigenvalue weighted by Crippen LogP contribution is -2.54. The zero-order chi connectivity index (χ0) is 46.0. The van der Waals surface area contributed by atoms with Crippen molar-refractivity contribution in [1.82, 2.24) is 10.2 Å². The Labute approximate surface area is 348 Å². The van der Waals surface area contributed by atoms with E-state index in [4.69, 9.17) is 38.6 Å². The molecule has 0 aromatic heterocycles. The molecule has 0 aliphatic rings. The van der Waals surface area contributed by atoms with E-state index in [9.17, 15) is 76.3 Å². The summed E-state index contributed by atoms with van der Waals surface area (Å²) in [6, 6.07) is 0. The second-order valence-corrected chi connectivity index (χ2v) is 15.3. The molecule has 0 saturated heterocycles. The highest BCUT2D eigenvalue weighted by molar-refractivity contribution is 5.67. The number of carbonyl (C=O) groups excluding carboxylic acids is 1. The molecule has 60 heavy (non-hydrogen) atoms. The van der Waals surface area contributed by atoms with Gasteiger partial charge in [0.05, 0.1) is 104 Å². The Morgan fingerprint density at radius 3 is 1.03 bits per heavy atom. The van der Waals surface area contributed by atoms with Crippen LogP contribution in [0.3, 0.4) is 0 Å². The minimum atomic E-state index is -2.02. The number of rotatable bonds is 36. The third kappa shape index (κ3) is 28.2. The first kappa shape index (κ1) is 58.4. The SMILES string of the molecule is CC(C)(C)OC(=O)NCC(O)COCC(O)COCC(O)COCC(O)COCC(O)COCC(O)CN(C[C@H](O)[C@@H](O)[C@H](O)[C@H](O)CO)C[C@H](O)[C@@H](O)[C@H](O)[C@H](O)CO. The summed E-state index contributed by atoms with van der Waals surface area (Å²) in [6.07, 6.45) is -23.1. The molecule has 14 atom stereocenters. The molecule has 0 heterocycles. The molecular formula is C35H72N2O23. The molecule has 0 bridgehead atoms. The molecule has 0 spiro atoms. The fraction of sp³-hybridized carbons (Fsp3) is 0.971. The van der Waals surface area contributed by atoms with Gasteiger partial charge in [0.15, 0.2) is 0 Å². The van der Waals surface area contributed by atoms with Gasteiger partial charge in [-0.25, -0.2) is 4.79 Å². The predicted octanol–water partition coefficient (Wildman–Crippen LogP) is -9.07. The number of amides is 1. The fourth-order valence-corrected chi connectivity index (χ4v) is 4.91. The number of aliphatic hydroxyl groups excluding tert-OH is 16. The standard InChI is InChI=1S/C35H72N2O23/c1-35(2,3)60-34(54)36-4-20(40)10-55-12-22(42)14-57-16-24(44)18-59-19-25(45)17-58-15-23(43)13-56-11-21(41)5-37(6-26(46)30(50)32(52)28(48)8-38)7-27(47)31(51)33(53)29(49)9-39/h20-33,38-53H,4-19H2,1-3H3,(H,36,54)/t20?,21?,22?,23?,24?,25?,26-,27-,28+,29+,30+,31+,32+,33+/m0/s1. The molecule has 1 amide bonds. The lowest BCUT2D eigenvalue weighted by Gasteiger charge is -2.34. The summed E-state index contributed by atoms with van der Waals surface area (Å²) in [5, 5.41) is 161. The second-order valence-electron chi connectivity index (χ2n) is 15.3. The second kappa shape index (κ2) is 32.1. The maximum atomic E-state index is 11.6. The van der Waals surface area contributed by atoms with Gasteiger partial charge in [-0.1, -0.05) is 0 Å². The van der Waals surface area contributed by atoms with Crippen molar-refractivity contribution in [3.05, 3.63) is 0 Å². The van der Waals surface area contributed by atoms with Crippen molar-refractivity contribution in [3.63, 3.8) is 0 Å². The van der Waals surface area contributed by atoms with E-state index in [1.807, 2.05) is 0 Å². The average molecular weight is 889 g/mol. The van der Waals surface area contributed by atoms with Crippen LogP contribution in [0.25, 0.3) is 0 Å². The minimum absolute atomic E-state index is 0.125. The highest BCUT2D eigenvalue weighted by Gasteiger charge is 2.35. The van der Waals surface area contributed by atoms with E-state index in [0.717, 1.165) is 4.90 Å². The molecule has 0 aromatic carbocycles. The smallest absolute Gasteiger partial charge is 0.407 e. The van der Waals surface area contributed by atoms with E-state index < -0.39 is 137 Å². The van der Waals surface area contributed by atoms with E-state index in [2.05, 4.69) is 5.32 Å². The molecule has 0 aliphatic carbocycles. The predicted molar refractivity (Wildman–Crippen MR) is 203 cm³/mol. The molecular weight excluding hydrogens is 816 g/mol. The van der Waals surface area contributed by atoms with Gasteiger partial charge in [-0.3, -0.25) is 4.90 Å². The molecule has 17 N–H and O–H groups in total. The number of alkyl carbamates (subject to hydrolysis) is 1. The summed E-state index contributed by atoms with van der Waals surface area (Å²) in [4.78, 5) is 12.7. The third-order valence-electron chi connectivity index (χ3n) is 7.99. The van der Waals surface area contributed by atoms with Crippen LogP contribution in [0, 0.1) is 0 Å². The van der Waals surface area contributed by atoms with Crippen molar-refractivity contribution in [3.8, 4) is 0 Å². The normalized spacial score (nSPS) is 19.6. The highest BCUT2D eigenvalue weighted by Crippen LogP contribution is 2.12. The topological polar surface area (TPSA) is 411 Å². The van der Waals surface area contributed by atoms with Crippen molar-refractivity contribution in [2.75, 3.05) is 105 Å². The Bertz CT molecular complexity index is 1040. The first-order valence-electron chi connectivity index (χ1n) is 19.3. The van der Waals surface area contributed by atoms with Crippen molar-refractivity contribution >= 4 is 6.09 Å². The summed E-state index contributed by atoms with van der Waals surface area (Å²) in [7, 11) is 0. The van der Waals surface area contributed by atoms with Crippen LogP contribution in [0.5, 0.6) is 0 Å². The Morgan fingerprint density at radius 1 is 0.450 bits per heavy atom. The number of nitrogens with zero attached hydrogens (tertiary/aromatic N) is 1. The zero-order valence-electron chi connectivity index (χ0n) is 34.4. The first-order valence-corrected chi connectivity index (χ1v) is 19.3. The Morgan fingerprint density at radius 2 is 0.733 bits per heavy atom. The van der Waals surface area contributed by atoms with Crippen LogP contribution in [0.15, 0.2) is 0 Å². The number of hydrogen-bond acceptors (Lipinski definition) is 24. The molecule has 25 heteroatoms. The molecule has 0 aromatic rings. The van der Waals surface area contributed by atoms with Gasteiger partial charge in [0.1, 0.15) is 66.6 Å². The summed E-state index contributed by atoms with van der Waals surface area (Å²) in [5.74, 6) is 0. The molecule has 0 aliphatic heterocycles. The number of nitrogens with one attached hydrogen (secondary N) is 1. The van der Waals surface area contributed by atoms with Gasteiger partial charge < -0.3 is 115 Å². The molecule has 25 nitrogen and oxygen atoms in total. The number of ether oxygens (including phenoxy) is 6. The largest absolute Gasteiger partial charge is 0.444 e. The van der Waals surface area contributed by atoms with Crippen LogP contribution in [-0.2, 0) is 28.4 Å². The quantitative estimate of drug-likeness (QED) is 0.0278. The van der Waals surface area contributed by atoms with Gasteiger partial charge in [-0.15, -0.1) is 0 Å². The van der Waals surface area contributed by atoms with E-state index in [1.54, 1.807) is 20.8 Å². The Kier molecular flexibility index (Phi) is 31.2. The van der Waals surface area contributed by atoms with Crippen LogP contribution in [0.2, 0.25) is 0 Å².